The van der Waals surface area contributed by atoms with Crippen LogP contribution in [0, 0.1) is 13.8 Å². The SMILES string of the molecule is Cc1noc(C)c1-c1cn(CCS(=O)(=O)C2CCCCC2)nn1. The van der Waals surface area contributed by atoms with Crippen molar-refractivity contribution in [3.63, 3.8) is 0 Å². The van der Waals surface area contributed by atoms with Gasteiger partial charge in [-0.25, -0.2) is 8.42 Å². The molecule has 0 unspecified atom stereocenters. The Kier molecular flexibility index (Phi) is 4.52. The molecule has 8 heteroatoms. The van der Waals surface area contributed by atoms with Gasteiger partial charge in [-0.05, 0) is 26.7 Å². The molecule has 1 aliphatic carbocycles. The lowest BCUT2D eigenvalue weighted by atomic mass is 10.0. The van der Waals surface area contributed by atoms with E-state index in [9.17, 15) is 8.42 Å². The molecule has 2 aromatic heterocycles. The lowest BCUT2D eigenvalue weighted by Crippen LogP contribution is -2.28. The van der Waals surface area contributed by atoms with E-state index in [4.69, 9.17) is 4.52 Å². The van der Waals surface area contributed by atoms with Crippen LogP contribution in [-0.4, -0.2) is 39.6 Å². The van der Waals surface area contributed by atoms with E-state index in [0.29, 0.717) is 18.0 Å². The summed E-state index contributed by atoms with van der Waals surface area (Å²) >= 11 is 0. The Balaban J connectivity index is 1.68. The molecule has 3 rings (SSSR count). The van der Waals surface area contributed by atoms with Crippen LogP contribution < -0.4 is 0 Å². The van der Waals surface area contributed by atoms with Gasteiger partial charge in [0.2, 0.25) is 0 Å². The normalized spacial score (nSPS) is 16.8. The largest absolute Gasteiger partial charge is 0.361 e. The fraction of sp³-hybridized carbons (Fsp3) is 0.667. The number of hydrogen-bond acceptors (Lipinski definition) is 6. The highest BCUT2D eigenvalue weighted by Crippen LogP contribution is 2.25. The van der Waals surface area contributed by atoms with Crippen molar-refractivity contribution in [1.29, 1.82) is 0 Å². The molecule has 0 aromatic carbocycles. The fourth-order valence-electron chi connectivity index (χ4n) is 3.18. The molecule has 1 aliphatic rings. The lowest BCUT2D eigenvalue weighted by molar-refractivity contribution is 0.393. The van der Waals surface area contributed by atoms with Gasteiger partial charge in [0.05, 0.1) is 35.0 Å². The highest BCUT2D eigenvalue weighted by molar-refractivity contribution is 7.92. The third-order valence-corrected chi connectivity index (χ3v) is 6.73. The number of rotatable bonds is 5. The van der Waals surface area contributed by atoms with Gasteiger partial charge in [-0.2, -0.15) is 0 Å². The molecule has 126 valence electrons. The van der Waals surface area contributed by atoms with Crippen molar-refractivity contribution in [3.05, 3.63) is 17.7 Å². The summed E-state index contributed by atoms with van der Waals surface area (Å²) in [5, 5.41) is 11.9. The van der Waals surface area contributed by atoms with Crippen LogP contribution in [0.15, 0.2) is 10.7 Å². The molecule has 1 fully saturated rings. The molecule has 0 radical (unpaired) electrons. The second-order valence-electron chi connectivity index (χ2n) is 6.19. The highest BCUT2D eigenvalue weighted by Gasteiger charge is 2.27. The van der Waals surface area contributed by atoms with Gasteiger partial charge < -0.3 is 4.52 Å². The molecule has 0 amide bonds. The first kappa shape index (κ1) is 16.2. The topological polar surface area (TPSA) is 90.9 Å². The van der Waals surface area contributed by atoms with Gasteiger partial charge in [-0.1, -0.05) is 29.6 Å². The van der Waals surface area contributed by atoms with Gasteiger partial charge in [0.1, 0.15) is 11.5 Å². The first-order chi connectivity index (χ1) is 11.0. The summed E-state index contributed by atoms with van der Waals surface area (Å²) in [6.07, 6.45) is 6.53. The Hall–Kier alpha value is -1.70. The lowest BCUT2D eigenvalue weighted by Gasteiger charge is -2.21. The third-order valence-electron chi connectivity index (χ3n) is 4.49. The fourth-order valence-corrected chi connectivity index (χ4v) is 5.01. The van der Waals surface area contributed by atoms with E-state index < -0.39 is 9.84 Å². The van der Waals surface area contributed by atoms with Crippen molar-refractivity contribution in [3.8, 4) is 11.3 Å². The molecular formula is C15H22N4O3S. The Bertz CT molecular complexity index is 753. The summed E-state index contributed by atoms with van der Waals surface area (Å²) in [6.45, 7) is 4.00. The summed E-state index contributed by atoms with van der Waals surface area (Å²) < 4.78 is 31.5. The minimum atomic E-state index is -3.06. The van der Waals surface area contributed by atoms with Gasteiger partial charge in [-0.3, -0.25) is 4.68 Å². The summed E-state index contributed by atoms with van der Waals surface area (Å²) in [6, 6.07) is 0. The molecule has 0 atom stereocenters. The van der Waals surface area contributed by atoms with E-state index in [0.717, 1.165) is 43.4 Å². The second-order valence-corrected chi connectivity index (χ2v) is 8.59. The van der Waals surface area contributed by atoms with Crippen molar-refractivity contribution in [2.45, 2.75) is 57.7 Å². The Morgan fingerprint density at radius 3 is 2.65 bits per heavy atom. The van der Waals surface area contributed by atoms with Crippen LogP contribution in [0.5, 0.6) is 0 Å². The van der Waals surface area contributed by atoms with Crippen molar-refractivity contribution >= 4 is 9.84 Å². The zero-order valence-corrected chi connectivity index (χ0v) is 14.3. The summed E-state index contributed by atoms with van der Waals surface area (Å²) in [4.78, 5) is 0. The highest BCUT2D eigenvalue weighted by atomic mass is 32.2. The van der Waals surface area contributed by atoms with E-state index >= 15 is 0 Å². The van der Waals surface area contributed by atoms with Crippen LogP contribution in [0.4, 0.5) is 0 Å². The van der Waals surface area contributed by atoms with E-state index in [-0.39, 0.29) is 11.0 Å². The second kappa shape index (κ2) is 6.43. The van der Waals surface area contributed by atoms with Crippen molar-refractivity contribution < 1.29 is 12.9 Å². The molecule has 0 bridgehead atoms. The van der Waals surface area contributed by atoms with E-state index in [1.807, 2.05) is 13.8 Å². The number of aromatic nitrogens is 4. The number of sulfone groups is 1. The molecule has 0 saturated heterocycles. The van der Waals surface area contributed by atoms with Gasteiger partial charge in [0, 0.05) is 0 Å². The van der Waals surface area contributed by atoms with Gasteiger partial charge in [-0.15, -0.1) is 5.10 Å². The van der Waals surface area contributed by atoms with Gasteiger partial charge >= 0.3 is 0 Å². The Morgan fingerprint density at radius 2 is 2.00 bits per heavy atom. The molecule has 0 spiro atoms. The van der Waals surface area contributed by atoms with Crippen molar-refractivity contribution in [1.82, 2.24) is 20.2 Å². The number of hydrogen-bond donors (Lipinski definition) is 0. The average Bonchev–Trinajstić information content (AvgIpc) is 3.13. The molecule has 1 saturated carbocycles. The number of nitrogens with zero attached hydrogens (tertiary/aromatic N) is 4. The van der Waals surface area contributed by atoms with E-state index in [2.05, 4.69) is 15.5 Å². The molecule has 0 aliphatic heterocycles. The predicted molar refractivity (Wildman–Crippen MR) is 85.7 cm³/mol. The quantitative estimate of drug-likeness (QED) is 0.831. The maximum absolute atomic E-state index is 12.4. The first-order valence-corrected chi connectivity index (χ1v) is 9.74. The zero-order chi connectivity index (χ0) is 16.4. The number of aryl methyl sites for hydroxylation is 3. The molecule has 2 aromatic rings. The summed E-state index contributed by atoms with van der Waals surface area (Å²) in [5.41, 5.74) is 2.24. The minimum absolute atomic E-state index is 0.113. The maximum atomic E-state index is 12.4. The van der Waals surface area contributed by atoms with Crippen LogP contribution in [0.3, 0.4) is 0 Å². The van der Waals surface area contributed by atoms with Crippen molar-refractivity contribution in [2.75, 3.05) is 5.75 Å². The van der Waals surface area contributed by atoms with Crippen LogP contribution in [-0.2, 0) is 16.4 Å². The standard InChI is InChI=1S/C15H22N4O3S/c1-11-15(12(2)22-17-11)14-10-19(18-16-14)8-9-23(20,21)13-6-4-3-5-7-13/h10,13H,3-9H2,1-2H3. The summed E-state index contributed by atoms with van der Waals surface area (Å²) in [7, 11) is -3.06. The zero-order valence-electron chi connectivity index (χ0n) is 13.5. The van der Waals surface area contributed by atoms with E-state index in [1.165, 1.54) is 0 Å². The molecule has 23 heavy (non-hydrogen) atoms. The Labute approximate surface area is 136 Å². The minimum Gasteiger partial charge on any atom is -0.361 e. The van der Waals surface area contributed by atoms with Crippen LogP contribution in [0.1, 0.15) is 43.6 Å². The monoisotopic (exact) mass is 338 g/mol. The van der Waals surface area contributed by atoms with E-state index in [1.54, 1.807) is 10.9 Å². The van der Waals surface area contributed by atoms with Crippen LogP contribution in [0.2, 0.25) is 0 Å². The average molecular weight is 338 g/mol. The van der Waals surface area contributed by atoms with Gasteiger partial charge in [0.25, 0.3) is 0 Å². The van der Waals surface area contributed by atoms with Crippen LogP contribution >= 0.6 is 0 Å². The molecule has 7 nitrogen and oxygen atoms in total. The summed E-state index contributed by atoms with van der Waals surface area (Å²) in [5.74, 6) is 0.798. The Morgan fingerprint density at radius 1 is 1.26 bits per heavy atom. The molecule has 2 heterocycles. The third kappa shape index (κ3) is 3.46. The predicted octanol–water partition coefficient (Wildman–Crippen LogP) is 2.30. The van der Waals surface area contributed by atoms with Crippen molar-refractivity contribution in [2.24, 2.45) is 0 Å². The van der Waals surface area contributed by atoms with Crippen LogP contribution in [0.25, 0.3) is 11.3 Å². The smallest absolute Gasteiger partial charge is 0.154 e. The molecule has 0 N–H and O–H groups in total. The molecular weight excluding hydrogens is 316 g/mol. The maximum Gasteiger partial charge on any atom is 0.154 e. The first-order valence-electron chi connectivity index (χ1n) is 8.02. The van der Waals surface area contributed by atoms with Gasteiger partial charge in [0.15, 0.2) is 9.84 Å².